The lowest BCUT2D eigenvalue weighted by Gasteiger charge is -2.24. The van der Waals surface area contributed by atoms with Gasteiger partial charge in [-0.05, 0) is 46.2 Å². The molecule has 0 saturated carbocycles. The van der Waals surface area contributed by atoms with Crippen molar-refractivity contribution in [2.24, 2.45) is 5.92 Å². The molecule has 2 rings (SSSR count). The molecule has 116 valence electrons. The Kier molecular flexibility index (Phi) is 4.70. The predicted octanol–water partition coefficient (Wildman–Crippen LogP) is 3.03. The maximum Gasteiger partial charge on any atom is 0.410 e. The van der Waals surface area contributed by atoms with Crippen LogP contribution in [0.1, 0.15) is 32.9 Å². The van der Waals surface area contributed by atoms with E-state index in [-0.39, 0.29) is 6.09 Å². The van der Waals surface area contributed by atoms with Crippen molar-refractivity contribution >= 4 is 6.09 Å². The van der Waals surface area contributed by atoms with Crippen molar-refractivity contribution in [3.05, 3.63) is 24.0 Å². The quantitative estimate of drug-likeness (QED) is 0.859. The van der Waals surface area contributed by atoms with Crippen LogP contribution in [0.5, 0.6) is 5.75 Å². The molecule has 2 heterocycles. The van der Waals surface area contributed by atoms with Crippen molar-refractivity contribution in [1.82, 2.24) is 9.88 Å². The molecular weight excluding hydrogens is 268 g/mol. The normalized spacial score (nSPS) is 18.7. The highest BCUT2D eigenvalue weighted by molar-refractivity contribution is 5.68. The summed E-state index contributed by atoms with van der Waals surface area (Å²) in [5.41, 5.74) is 0.526. The highest BCUT2D eigenvalue weighted by Gasteiger charge is 2.30. The number of amides is 1. The molecule has 21 heavy (non-hydrogen) atoms. The van der Waals surface area contributed by atoms with Crippen LogP contribution < -0.4 is 4.74 Å². The Balaban J connectivity index is 1.77. The van der Waals surface area contributed by atoms with E-state index < -0.39 is 5.60 Å². The lowest BCUT2D eigenvalue weighted by molar-refractivity contribution is 0.0285. The molecule has 5 nitrogen and oxygen atoms in total. The minimum atomic E-state index is -0.445. The summed E-state index contributed by atoms with van der Waals surface area (Å²) in [5, 5.41) is 0. The van der Waals surface area contributed by atoms with E-state index in [9.17, 15) is 4.79 Å². The van der Waals surface area contributed by atoms with Gasteiger partial charge in [-0.2, -0.15) is 0 Å². The summed E-state index contributed by atoms with van der Waals surface area (Å²) >= 11 is 0. The molecule has 0 spiro atoms. The standard InChI is InChI=1S/C16H24N2O3/c1-12-5-6-14(9-17-12)20-11-13-7-8-18(10-13)15(19)21-16(2,3)4/h5-6,9,13H,7-8,10-11H2,1-4H3/t13-/m1/s1. The maximum atomic E-state index is 12.0. The van der Waals surface area contributed by atoms with Crippen LogP contribution in [0, 0.1) is 12.8 Å². The van der Waals surface area contributed by atoms with Gasteiger partial charge in [0.1, 0.15) is 11.4 Å². The van der Waals surface area contributed by atoms with Gasteiger partial charge >= 0.3 is 6.09 Å². The molecule has 1 aromatic rings. The van der Waals surface area contributed by atoms with E-state index in [1.807, 2.05) is 39.8 Å². The van der Waals surface area contributed by atoms with Gasteiger partial charge in [0.05, 0.1) is 12.8 Å². The molecule has 0 radical (unpaired) electrons. The molecule has 1 aromatic heterocycles. The zero-order chi connectivity index (χ0) is 15.5. The smallest absolute Gasteiger partial charge is 0.410 e. The zero-order valence-electron chi connectivity index (χ0n) is 13.3. The van der Waals surface area contributed by atoms with E-state index in [0.717, 1.165) is 24.4 Å². The fourth-order valence-corrected chi connectivity index (χ4v) is 2.21. The second-order valence-electron chi connectivity index (χ2n) is 6.53. The zero-order valence-corrected chi connectivity index (χ0v) is 13.3. The molecule has 0 bridgehead atoms. The van der Waals surface area contributed by atoms with Crippen molar-refractivity contribution in [2.75, 3.05) is 19.7 Å². The number of aromatic nitrogens is 1. The van der Waals surface area contributed by atoms with E-state index in [4.69, 9.17) is 9.47 Å². The minimum absolute atomic E-state index is 0.234. The summed E-state index contributed by atoms with van der Waals surface area (Å²) in [5.74, 6) is 1.12. The Morgan fingerprint density at radius 3 is 2.81 bits per heavy atom. The van der Waals surface area contributed by atoms with Gasteiger partial charge in [-0.15, -0.1) is 0 Å². The largest absolute Gasteiger partial charge is 0.492 e. The number of hydrogen-bond donors (Lipinski definition) is 0. The van der Waals surface area contributed by atoms with Crippen LogP contribution in [0.4, 0.5) is 4.79 Å². The molecule has 1 amide bonds. The van der Waals surface area contributed by atoms with Crippen LogP contribution in [-0.2, 0) is 4.74 Å². The SMILES string of the molecule is Cc1ccc(OC[C@@H]2CCN(C(=O)OC(C)(C)C)C2)cn1. The average molecular weight is 292 g/mol. The topological polar surface area (TPSA) is 51.7 Å². The summed E-state index contributed by atoms with van der Waals surface area (Å²) in [6, 6.07) is 3.85. The fourth-order valence-electron chi connectivity index (χ4n) is 2.21. The van der Waals surface area contributed by atoms with Crippen molar-refractivity contribution < 1.29 is 14.3 Å². The van der Waals surface area contributed by atoms with Crippen LogP contribution in [0.2, 0.25) is 0 Å². The first-order valence-electron chi connectivity index (χ1n) is 7.37. The predicted molar refractivity (Wildman–Crippen MR) is 80.4 cm³/mol. The van der Waals surface area contributed by atoms with Crippen molar-refractivity contribution in [2.45, 2.75) is 39.7 Å². The molecule has 0 unspecified atom stereocenters. The Hall–Kier alpha value is -1.78. The Morgan fingerprint density at radius 2 is 2.19 bits per heavy atom. The van der Waals surface area contributed by atoms with Crippen molar-refractivity contribution in [1.29, 1.82) is 0 Å². The third-order valence-electron chi connectivity index (χ3n) is 3.31. The van der Waals surface area contributed by atoms with E-state index in [1.54, 1.807) is 11.1 Å². The Labute approximate surface area is 126 Å². The van der Waals surface area contributed by atoms with Gasteiger partial charge in [-0.3, -0.25) is 4.98 Å². The summed E-state index contributed by atoms with van der Waals surface area (Å²) in [6.45, 7) is 9.61. The van der Waals surface area contributed by atoms with E-state index in [0.29, 0.717) is 19.1 Å². The van der Waals surface area contributed by atoms with Crippen molar-refractivity contribution in [3.8, 4) is 5.75 Å². The van der Waals surface area contributed by atoms with Gasteiger partial charge in [-0.1, -0.05) is 0 Å². The molecule has 0 aliphatic carbocycles. The van der Waals surface area contributed by atoms with Gasteiger partial charge in [0.2, 0.25) is 0 Å². The number of likely N-dealkylation sites (tertiary alicyclic amines) is 1. The number of hydrogen-bond acceptors (Lipinski definition) is 4. The maximum absolute atomic E-state index is 12.0. The molecular formula is C16H24N2O3. The second-order valence-corrected chi connectivity index (χ2v) is 6.53. The van der Waals surface area contributed by atoms with Gasteiger partial charge in [0.25, 0.3) is 0 Å². The number of nitrogens with zero attached hydrogens (tertiary/aromatic N) is 2. The molecule has 1 atom stereocenters. The van der Waals surface area contributed by atoms with Crippen LogP contribution in [0.15, 0.2) is 18.3 Å². The number of rotatable bonds is 3. The first-order chi connectivity index (χ1) is 9.83. The van der Waals surface area contributed by atoms with Crippen LogP contribution in [0.3, 0.4) is 0 Å². The summed E-state index contributed by atoms with van der Waals surface area (Å²) in [7, 11) is 0. The number of carbonyl (C=O) groups excluding carboxylic acids is 1. The van der Waals surface area contributed by atoms with Gasteiger partial charge in [0, 0.05) is 24.7 Å². The summed E-state index contributed by atoms with van der Waals surface area (Å²) in [6.07, 6.45) is 2.44. The number of ether oxygens (including phenoxy) is 2. The first kappa shape index (κ1) is 15.6. The second kappa shape index (κ2) is 6.33. The molecule has 1 saturated heterocycles. The number of pyridine rings is 1. The van der Waals surface area contributed by atoms with Gasteiger partial charge in [-0.25, -0.2) is 4.79 Å². The van der Waals surface area contributed by atoms with E-state index >= 15 is 0 Å². The summed E-state index contributed by atoms with van der Waals surface area (Å²) in [4.78, 5) is 17.9. The lowest BCUT2D eigenvalue weighted by Crippen LogP contribution is -2.35. The average Bonchev–Trinajstić information content (AvgIpc) is 2.85. The lowest BCUT2D eigenvalue weighted by atomic mass is 10.1. The number of aryl methyl sites for hydroxylation is 1. The molecule has 0 N–H and O–H groups in total. The Bertz CT molecular complexity index is 479. The van der Waals surface area contributed by atoms with E-state index in [2.05, 4.69) is 4.98 Å². The van der Waals surface area contributed by atoms with Crippen molar-refractivity contribution in [3.63, 3.8) is 0 Å². The fraction of sp³-hybridized carbons (Fsp3) is 0.625. The minimum Gasteiger partial charge on any atom is -0.492 e. The molecule has 0 aromatic carbocycles. The molecule has 5 heteroatoms. The van der Waals surface area contributed by atoms with Gasteiger partial charge in [0.15, 0.2) is 0 Å². The summed E-state index contributed by atoms with van der Waals surface area (Å²) < 4.78 is 11.1. The number of carbonyl (C=O) groups is 1. The molecule has 1 fully saturated rings. The molecule has 1 aliphatic rings. The monoisotopic (exact) mass is 292 g/mol. The first-order valence-corrected chi connectivity index (χ1v) is 7.37. The van der Waals surface area contributed by atoms with Crippen LogP contribution in [-0.4, -0.2) is 41.3 Å². The third-order valence-corrected chi connectivity index (χ3v) is 3.31. The van der Waals surface area contributed by atoms with Crippen LogP contribution >= 0.6 is 0 Å². The highest BCUT2D eigenvalue weighted by atomic mass is 16.6. The van der Waals surface area contributed by atoms with Gasteiger partial charge < -0.3 is 14.4 Å². The van der Waals surface area contributed by atoms with Crippen LogP contribution in [0.25, 0.3) is 0 Å². The third kappa shape index (κ3) is 4.92. The Morgan fingerprint density at radius 1 is 1.43 bits per heavy atom. The molecule has 1 aliphatic heterocycles. The van der Waals surface area contributed by atoms with E-state index in [1.165, 1.54) is 0 Å². The highest BCUT2D eigenvalue weighted by Crippen LogP contribution is 2.20.